The van der Waals surface area contributed by atoms with Crippen molar-refractivity contribution in [3.05, 3.63) is 76.2 Å². The molecule has 0 aliphatic carbocycles. The molecule has 0 unspecified atom stereocenters. The molecule has 2 aromatic carbocycles. The predicted octanol–water partition coefficient (Wildman–Crippen LogP) is 3.48. The van der Waals surface area contributed by atoms with Gasteiger partial charge in [0.05, 0.1) is 12.1 Å². The van der Waals surface area contributed by atoms with Gasteiger partial charge >= 0.3 is 0 Å². The molecule has 1 aromatic heterocycles. The van der Waals surface area contributed by atoms with Gasteiger partial charge < -0.3 is 14.8 Å². The smallest absolute Gasteiger partial charge is 0.257 e. The minimum absolute atomic E-state index is 0.0441. The van der Waals surface area contributed by atoms with Gasteiger partial charge in [-0.25, -0.2) is 4.98 Å². The third-order valence-corrected chi connectivity index (χ3v) is 4.97. The highest BCUT2D eigenvalue weighted by Gasteiger charge is 2.08. The summed E-state index contributed by atoms with van der Waals surface area (Å²) < 4.78 is 10.7. The summed E-state index contributed by atoms with van der Waals surface area (Å²) in [5, 5.41) is 3.88. The molecular formula is C21H22N2O3S. The fourth-order valence-electron chi connectivity index (χ4n) is 2.58. The summed E-state index contributed by atoms with van der Waals surface area (Å²) in [6.45, 7) is 0.490. The van der Waals surface area contributed by atoms with E-state index in [4.69, 9.17) is 9.47 Å². The van der Waals surface area contributed by atoms with Gasteiger partial charge in [0.2, 0.25) is 0 Å². The van der Waals surface area contributed by atoms with Crippen molar-refractivity contribution in [1.82, 2.24) is 10.3 Å². The van der Waals surface area contributed by atoms with E-state index < -0.39 is 0 Å². The lowest BCUT2D eigenvalue weighted by molar-refractivity contribution is -0.123. The van der Waals surface area contributed by atoms with Gasteiger partial charge in [0.1, 0.15) is 0 Å². The van der Waals surface area contributed by atoms with Crippen LogP contribution in [0, 0.1) is 0 Å². The van der Waals surface area contributed by atoms with Crippen molar-refractivity contribution in [2.24, 2.45) is 0 Å². The van der Waals surface area contributed by atoms with Crippen molar-refractivity contribution in [3.8, 4) is 11.5 Å². The molecule has 1 amide bonds. The van der Waals surface area contributed by atoms with Crippen LogP contribution in [0.5, 0.6) is 11.5 Å². The lowest BCUT2D eigenvalue weighted by atomic mass is 10.1. The van der Waals surface area contributed by atoms with Gasteiger partial charge in [-0.1, -0.05) is 42.5 Å². The van der Waals surface area contributed by atoms with Crippen LogP contribution in [0.15, 0.2) is 60.8 Å². The number of rotatable bonds is 9. The van der Waals surface area contributed by atoms with Gasteiger partial charge in [-0.2, -0.15) is 0 Å². The van der Waals surface area contributed by atoms with Gasteiger partial charge in [0.15, 0.2) is 18.1 Å². The molecule has 0 bridgehead atoms. The minimum Gasteiger partial charge on any atom is -0.493 e. The number of amides is 1. The van der Waals surface area contributed by atoms with E-state index in [1.807, 2.05) is 36.5 Å². The molecule has 140 valence electrons. The fraction of sp³-hybridized carbons (Fsp3) is 0.238. The van der Waals surface area contributed by atoms with E-state index in [1.165, 1.54) is 10.4 Å². The average Bonchev–Trinajstić information content (AvgIpc) is 3.14. The van der Waals surface area contributed by atoms with Crippen LogP contribution >= 0.6 is 11.3 Å². The highest BCUT2D eigenvalue weighted by molar-refractivity contribution is 7.11. The van der Waals surface area contributed by atoms with E-state index >= 15 is 0 Å². The minimum atomic E-state index is -0.165. The number of para-hydroxylation sites is 2. The van der Waals surface area contributed by atoms with E-state index in [2.05, 4.69) is 22.4 Å². The average molecular weight is 382 g/mol. The molecule has 27 heavy (non-hydrogen) atoms. The summed E-state index contributed by atoms with van der Waals surface area (Å²) in [6.07, 6.45) is 3.51. The molecule has 0 atom stereocenters. The molecule has 0 saturated carbocycles. The number of methoxy groups -OCH3 is 1. The zero-order chi connectivity index (χ0) is 18.9. The standard InChI is InChI=1S/C21H22N2O3S/c1-25-18-9-5-6-10-19(18)26-15-20(24)22-12-11-21-23-14-17(27-21)13-16-7-3-2-4-8-16/h2-10,14H,11-13,15H2,1H3,(H,22,24). The lowest BCUT2D eigenvalue weighted by Crippen LogP contribution is -2.30. The van der Waals surface area contributed by atoms with Crippen molar-refractivity contribution in [2.45, 2.75) is 12.8 Å². The first kappa shape index (κ1) is 18.9. The van der Waals surface area contributed by atoms with Crippen LogP contribution in [-0.4, -0.2) is 31.2 Å². The number of carbonyl (C=O) groups excluding carboxylic acids is 1. The number of nitrogens with zero attached hydrogens (tertiary/aromatic N) is 1. The second-order valence-corrected chi connectivity index (χ2v) is 7.12. The number of benzene rings is 2. The summed E-state index contributed by atoms with van der Waals surface area (Å²) in [7, 11) is 1.57. The van der Waals surface area contributed by atoms with Crippen molar-refractivity contribution in [1.29, 1.82) is 0 Å². The summed E-state index contributed by atoms with van der Waals surface area (Å²) in [5.41, 5.74) is 1.27. The molecule has 0 aliphatic heterocycles. The molecule has 0 aliphatic rings. The van der Waals surface area contributed by atoms with Crippen LogP contribution < -0.4 is 14.8 Å². The molecular weight excluding hydrogens is 360 g/mol. The van der Waals surface area contributed by atoms with Gasteiger partial charge in [0, 0.05) is 30.5 Å². The van der Waals surface area contributed by atoms with Gasteiger partial charge in [-0.15, -0.1) is 11.3 Å². The Morgan fingerprint density at radius 3 is 2.59 bits per heavy atom. The third-order valence-electron chi connectivity index (χ3n) is 3.91. The Kier molecular flexibility index (Phi) is 6.82. The molecule has 1 N–H and O–H groups in total. The van der Waals surface area contributed by atoms with Crippen LogP contribution in [-0.2, 0) is 17.6 Å². The maximum Gasteiger partial charge on any atom is 0.257 e. The number of carbonyl (C=O) groups is 1. The van der Waals surface area contributed by atoms with E-state index in [9.17, 15) is 4.79 Å². The quantitative estimate of drug-likeness (QED) is 0.616. The Bertz CT molecular complexity index is 865. The maximum absolute atomic E-state index is 12.0. The molecule has 0 fully saturated rings. The van der Waals surface area contributed by atoms with E-state index in [0.29, 0.717) is 24.5 Å². The van der Waals surface area contributed by atoms with Crippen LogP contribution in [0.4, 0.5) is 0 Å². The molecule has 0 spiro atoms. The van der Waals surface area contributed by atoms with Crippen molar-refractivity contribution < 1.29 is 14.3 Å². The number of nitrogens with one attached hydrogen (secondary N) is 1. The largest absolute Gasteiger partial charge is 0.493 e. The Morgan fingerprint density at radius 2 is 1.81 bits per heavy atom. The lowest BCUT2D eigenvalue weighted by Gasteiger charge is -2.10. The van der Waals surface area contributed by atoms with E-state index in [-0.39, 0.29) is 12.5 Å². The molecule has 6 heteroatoms. The van der Waals surface area contributed by atoms with E-state index in [0.717, 1.165) is 11.4 Å². The predicted molar refractivity (Wildman–Crippen MR) is 107 cm³/mol. The second-order valence-electron chi connectivity index (χ2n) is 5.92. The first-order valence-electron chi connectivity index (χ1n) is 8.74. The zero-order valence-electron chi connectivity index (χ0n) is 15.2. The molecule has 5 nitrogen and oxygen atoms in total. The third kappa shape index (κ3) is 5.82. The Hall–Kier alpha value is -2.86. The molecule has 3 aromatic rings. The van der Waals surface area contributed by atoms with Crippen LogP contribution in [0.25, 0.3) is 0 Å². The molecule has 0 saturated heterocycles. The highest BCUT2D eigenvalue weighted by atomic mass is 32.1. The second kappa shape index (κ2) is 9.73. The van der Waals surface area contributed by atoms with Gasteiger partial charge in [0.25, 0.3) is 5.91 Å². The highest BCUT2D eigenvalue weighted by Crippen LogP contribution is 2.25. The zero-order valence-corrected chi connectivity index (χ0v) is 16.0. The van der Waals surface area contributed by atoms with Crippen molar-refractivity contribution in [3.63, 3.8) is 0 Å². The topological polar surface area (TPSA) is 60.5 Å². The SMILES string of the molecule is COc1ccccc1OCC(=O)NCCc1ncc(Cc2ccccc2)s1. The Morgan fingerprint density at radius 1 is 1.07 bits per heavy atom. The summed E-state index contributed by atoms with van der Waals surface area (Å²) >= 11 is 1.68. The van der Waals surface area contributed by atoms with Crippen LogP contribution in [0.1, 0.15) is 15.4 Å². The summed E-state index contributed by atoms with van der Waals surface area (Å²) in [6, 6.07) is 17.6. The van der Waals surface area contributed by atoms with Gasteiger partial charge in [-0.3, -0.25) is 4.79 Å². The fourth-order valence-corrected chi connectivity index (χ4v) is 3.54. The van der Waals surface area contributed by atoms with Crippen molar-refractivity contribution in [2.75, 3.05) is 20.3 Å². The first-order valence-corrected chi connectivity index (χ1v) is 9.56. The summed E-state index contributed by atoms with van der Waals surface area (Å²) in [4.78, 5) is 17.6. The normalized spacial score (nSPS) is 10.4. The number of aromatic nitrogens is 1. The monoisotopic (exact) mass is 382 g/mol. The first-order chi connectivity index (χ1) is 13.2. The molecule has 1 heterocycles. The molecule has 0 radical (unpaired) electrons. The number of ether oxygens (including phenoxy) is 2. The van der Waals surface area contributed by atoms with Gasteiger partial charge in [-0.05, 0) is 17.7 Å². The number of hydrogen-bond acceptors (Lipinski definition) is 5. The Labute approximate surface area is 163 Å². The van der Waals surface area contributed by atoms with Crippen LogP contribution in [0.3, 0.4) is 0 Å². The van der Waals surface area contributed by atoms with Crippen LogP contribution in [0.2, 0.25) is 0 Å². The molecule has 3 rings (SSSR count). The number of thiazole rings is 1. The summed E-state index contributed by atoms with van der Waals surface area (Å²) in [5.74, 6) is 1.00. The van der Waals surface area contributed by atoms with E-state index in [1.54, 1.807) is 30.6 Å². The number of hydrogen-bond donors (Lipinski definition) is 1. The maximum atomic E-state index is 12.0. The Balaban J connectivity index is 1.40. The van der Waals surface area contributed by atoms with Crippen molar-refractivity contribution >= 4 is 17.2 Å².